The molecule has 0 saturated heterocycles. The van der Waals surface area contributed by atoms with E-state index in [1.165, 1.54) is 24.7 Å². The van der Waals surface area contributed by atoms with Crippen LogP contribution in [0.15, 0.2) is 36.8 Å². The van der Waals surface area contributed by atoms with Crippen molar-refractivity contribution in [2.24, 2.45) is 0 Å². The molecular weight excluding hydrogens is 251 g/mol. The number of ether oxygens (including phenoxy) is 2. The zero-order valence-corrected chi connectivity index (χ0v) is 10.5. The van der Waals surface area contributed by atoms with Crippen LogP contribution < -0.4 is 4.74 Å². The number of aromatic nitrogens is 2. The van der Waals surface area contributed by atoms with Gasteiger partial charge in [0.15, 0.2) is 0 Å². The summed E-state index contributed by atoms with van der Waals surface area (Å²) in [6, 6.07) is 5.85. The fourth-order valence-corrected chi connectivity index (χ4v) is 1.41. The van der Waals surface area contributed by atoms with E-state index >= 15 is 0 Å². The van der Waals surface area contributed by atoms with Crippen molar-refractivity contribution in [2.75, 3.05) is 0 Å². The smallest absolute Gasteiger partial charge is 0.431 e. The minimum Gasteiger partial charge on any atom is -0.431 e. The fourth-order valence-electron chi connectivity index (χ4n) is 1.41. The molecule has 0 amide bonds. The molecule has 6 heteroatoms. The molecule has 2 rings (SSSR count). The first-order valence-electron chi connectivity index (χ1n) is 5.73. The van der Waals surface area contributed by atoms with E-state index in [1.807, 2.05) is 0 Å². The van der Waals surface area contributed by atoms with Crippen LogP contribution in [0.5, 0.6) is 5.88 Å². The SMILES string of the molecule is CC(C)OC(=O)Oc1cn(-c2ccc(F)cc2)cn1. The number of rotatable bonds is 3. The lowest BCUT2D eigenvalue weighted by Gasteiger charge is -2.05. The van der Waals surface area contributed by atoms with Crippen LogP contribution in [0.4, 0.5) is 9.18 Å². The highest BCUT2D eigenvalue weighted by atomic mass is 19.1. The first-order chi connectivity index (χ1) is 9.04. The summed E-state index contributed by atoms with van der Waals surface area (Å²) in [6.07, 6.45) is 1.91. The quantitative estimate of drug-likeness (QED) is 0.800. The van der Waals surface area contributed by atoms with Crippen molar-refractivity contribution in [2.45, 2.75) is 20.0 Å². The van der Waals surface area contributed by atoms with E-state index in [-0.39, 0.29) is 17.8 Å². The lowest BCUT2D eigenvalue weighted by molar-refractivity contribution is 0.0717. The molecule has 0 unspecified atom stereocenters. The molecule has 0 spiro atoms. The normalized spacial score (nSPS) is 10.5. The van der Waals surface area contributed by atoms with Crippen LogP contribution in [0.3, 0.4) is 0 Å². The van der Waals surface area contributed by atoms with E-state index in [1.54, 1.807) is 30.5 Å². The van der Waals surface area contributed by atoms with Crippen LogP contribution in [-0.4, -0.2) is 21.8 Å². The maximum absolute atomic E-state index is 12.8. The Balaban J connectivity index is 2.07. The monoisotopic (exact) mass is 264 g/mol. The lowest BCUT2D eigenvalue weighted by Crippen LogP contribution is -2.15. The van der Waals surface area contributed by atoms with Gasteiger partial charge in [-0.25, -0.2) is 14.2 Å². The summed E-state index contributed by atoms with van der Waals surface area (Å²) in [7, 11) is 0. The maximum atomic E-state index is 12.8. The van der Waals surface area contributed by atoms with Gasteiger partial charge in [-0.1, -0.05) is 0 Å². The number of halogens is 1. The van der Waals surface area contributed by atoms with E-state index in [0.29, 0.717) is 5.69 Å². The topological polar surface area (TPSA) is 53.4 Å². The molecule has 0 aliphatic rings. The maximum Gasteiger partial charge on any atom is 0.515 e. The molecule has 1 heterocycles. The van der Waals surface area contributed by atoms with Crippen LogP contribution >= 0.6 is 0 Å². The Morgan fingerprint density at radius 1 is 1.32 bits per heavy atom. The third-order valence-electron chi connectivity index (χ3n) is 2.20. The molecule has 0 aliphatic carbocycles. The van der Waals surface area contributed by atoms with Gasteiger partial charge in [0.2, 0.25) is 5.88 Å². The van der Waals surface area contributed by atoms with Crippen LogP contribution in [0.25, 0.3) is 5.69 Å². The molecule has 5 nitrogen and oxygen atoms in total. The summed E-state index contributed by atoms with van der Waals surface area (Å²) in [5.74, 6) is -0.198. The number of hydrogen-bond acceptors (Lipinski definition) is 4. The largest absolute Gasteiger partial charge is 0.515 e. The number of nitrogens with zero attached hydrogens (tertiary/aromatic N) is 2. The highest BCUT2D eigenvalue weighted by molar-refractivity contribution is 5.63. The lowest BCUT2D eigenvalue weighted by atomic mass is 10.3. The Morgan fingerprint density at radius 3 is 2.63 bits per heavy atom. The summed E-state index contributed by atoms with van der Waals surface area (Å²) in [5.41, 5.74) is 0.709. The average Bonchev–Trinajstić information content (AvgIpc) is 2.77. The van der Waals surface area contributed by atoms with Crippen molar-refractivity contribution in [1.82, 2.24) is 9.55 Å². The van der Waals surface area contributed by atoms with Gasteiger partial charge in [0.05, 0.1) is 12.3 Å². The van der Waals surface area contributed by atoms with Crippen molar-refractivity contribution in [3.63, 3.8) is 0 Å². The molecule has 19 heavy (non-hydrogen) atoms. The summed E-state index contributed by atoms with van der Waals surface area (Å²) in [6.45, 7) is 3.44. The Labute approximate surface area is 109 Å². The number of imidazole rings is 1. The van der Waals surface area contributed by atoms with E-state index in [4.69, 9.17) is 9.47 Å². The van der Waals surface area contributed by atoms with Crippen molar-refractivity contribution in [3.8, 4) is 11.6 Å². The van der Waals surface area contributed by atoms with Crippen LogP contribution in [0.1, 0.15) is 13.8 Å². The van der Waals surface area contributed by atoms with Crippen LogP contribution in [-0.2, 0) is 4.74 Å². The number of carbonyl (C=O) groups is 1. The number of hydrogen-bond donors (Lipinski definition) is 0. The van der Waals surface area contributed by atoms with E-state index < -0.39 is 6.16 Å². The van der Waals surface area contributed by atoms with Gasteiger partial charge in [0, 0.05) is 5.69 Å². The molecular formula is C13H13FN2O3. The van der Waals surface area contributed by atoms with Crippen LogP contribution in [0.2, 0.25) is 0 Å². The standard InChI is InChI=1S/C13H13FN2O3/c1-9(2)18-13(17)19-12-7-16(8-15-12)11-5-3-10(14)4-6-11/h3-9H,1-2H3. The predicted octanol–water partition coefficient (Wildman–Crippen LogP) is 2.94. The summed E-state index contributed by atoms with van der Waals surface area (Å²) >= 11 is 0. The van der Waals surface area contributed by atoms with E-state index in [9.17, 15) is 9.18 Å². The molecule has 0 radical (unpaired) electrons. The Bertz CT molecular complexity index is 564. The molecule has 0 atom stereocenters. The molecule has 0 N–H and O–H groups in total. The van der Waals surface area contributed by atoms with Gasteiger partial charge in [-0.05, 0) is 38.1 Å². The third-order valence-corrected chi connectivity index (χ3v) is 2.20. The Morgan fingerprint density at radius 2 is 2.00 bits per heavy atom. The molecule has 1 aromatic heterocycles. The molecule has 0 aliphatic heterocycles. The highest BCUT2D eigenvalue weighted by Crippen LogP contribution is 2.14. The molecule has 2 aromatic rings. The second-order valence-electron chi connectivity index (χ2n) is 4.11. The number of benzene rings is 1. The zero-order chi connectivity index (χ0) is 13.8. The minimum atomic E-state index is -0.806. The van der Waals surface area contributed by atoms with Gasteiger partial charge < -0.3 is 14.0 Å². The van der Waals surface area contributed by atoms with Crippen molar-refractivity contribution in [1.29, 1.82) is 0 Å². The fraction of sp³-hybridized carbons (Fsp3) is 0.231. The zero-order valence-electron chi connectivity index (χ0n) is 10.5. The second kappa shape index (κ2) is 5.51. The van der Waals surface area contributed by atoms with Crippen molar-refractivity contribution < 1.29 is 18.7 Å². The molecule has 0 bridgehead atoms. The molecule has 1 aromatic carbocycles. The summed E-state index contributed by atoms with van der Waals surface area (Å²) in [4.78, 5) is 15.2. The van der Waals surface area contributed by atoms with Gasteiger partial charge in [-0.2, -0.15) is 0 Å². The summed E-state index contributed by atoms with van der Waals surface area (Å²) < 4.78 is 24.1. The molecule has 0 fully saturated rings. The minimum absolute atomic E-state index is 0.120. The van der Waals surface area contributed by atoms with Gasteiger partial charge in [-0.3, -0.25) is 0 Å². The Hall–Kier alpha value is -2.37. The number of carbonyl (C=O) groups excluding carboxylic acids is 1. The summed E-state index contributed by atoms with van der Waals surface area (Å²) in [5, 5.41) is 0. The van der Waals surface area contributed by atoms with E-state index in [0.717, 1.165) is 0 Å². The van der Waals surface area contributed by atoms with Crippen molar-refractivity contribution >= 4 is 6.16 Å². The molecule has 0 saturated carbocycles. The first kappa shape index (κ1) is 13.1. The van der Waals surface area contributed by atoms with E-state index in [2.05, 4.69) is 4.98 Å². The van der Waals surface area contributed by atoms with Gasteiger partial charge >= 0.3 is 6.16 Å². The van der Waals surface area contributed by atoms with Gasteiger partial charge in [0.1, 0.15) is 12.1 Å². The second-order valence-corrected chi connectivity index (χ2v) is 4.11. The van der Waals surface area contributed by atoms with Crippen molar-refractivity contribution in [3.05, 3.63) is 42.6 Å². The van der Waals surface area contributed by atoms with Crippen LogP contribution in [0, 0.1) is 5.82 Å². The average molecular weight is 264 g/mol. The predicted molar refractivity (Wildman–Crippen MR) is 65.8 cm³/mol. The first-order valence-corrected chi connectivity index (χ1v) is 5.73. The Kier molecular flexibility index (Phi) is 3.79. The highest BCUT2D eigenvalue weighted by Gasteiger charge is 2.10. The third kappa shape index (κ3) is 3.54. The molecule has 100 valence electrons. The van der Waals surface area contributed by atoms with Gasteiger partial charge in [0.25, 0.3) is 0 Å². The van der Waals surface area contributed by atoms with Gasteiger partial charge in [-0.15, -0.1) is 0 Å².